The second-order valence-corrected chi connectivity index (χ2v) is 4.46. The molecule has 0 aliphatic heterocycles. The minimum Gasteiger partial charge on any atom is -0.497 e. The fourth-order valence-corrected chi connectivity index (χ4v) is 2.07. The molecule has 1 aromatic carbocycles. The third kappa shape index (κ3) is 2.43. The van der Waals surface area contributed by atoms with Gasteiger partial charge in [0, 0.05) is 13.6 Å². The first kappa shape index (κ1) is 11.0. The zero-order chi connectivity index (χ0) is 10.0. The van der Waals surface area contributed by atoms with E-state index >= 15 is 0 Å². The van der Waals surface area contributed by atoms with E-state index in [9.17, 15) is 4.79 Å². The van der Waals surface area contributed by atoms with Crippen LogP contribution in [0.3, 0.4) is 0 Å². The van der Waals surface area contributed by atoms with Crippen LogP contribution in [0.2, 0.25) is 0 Å². The Morgan fingerprint density at radius 3 is 2.62 bits per heavy atom. The number of Topliss-reactive ketones (excluding diaryl/α,β-unsaturated/α-hetero) is 1. The molecule has 0 aromatic heterocycles. The largest absolute Gasteiger partial charge is 0.497 e. The van der Waals surface area contributed by atoms with Crippen molar-refractivity contribution in [3.8, 4) is 5.75 Å². The molecular formula is C9H8BrIO2. The van der Waals surface area contributed by atoms with Crippen LogP contribution in [0.1, 0.15) is 17.3 Å². The zero-order valence-corrected chi connectivity index (χ0v) is 11.0. The van der Waals surface area contributed by atoms with Crippen molar-refractivity contribution in [3.63, 3.8) is 0 Å². The lowest BCUT2D eigenvalue weighted by Gasteiger charge is -2.06. The summed E-state index contributed by atoms with van der Waals surface area (Å²) in [7, 11) is 1.58. The highest BCUT2D eigenvalue weighted by atomic mass is 127. The van der Waals surface area contributed by atoms with Gasteiger partial charge in [-0.3, -0.25) is 4.79 Å². The molecule has 0 heterocycles. The molecule has 4 heteroatoms. The molecular weight excluding hydrogens is 347 g/mol. The highest BCUT2D eigenvalue weighted by molar-refractivity contribution is 14.1. The van der Waals surface area contributed by atoms with Crippen molar-refractivity contribution in [3.05, 3.63) is 25.7 Å². The highest BCUT2D eigenvalue weighted by Crippen LogP contribution is 2.28. The summed E-state index contributed by atoms with van der Waals surface area (Å²) in [4.78, 5) is 11.2. The fourth-order valence-electron chi connectivity index (χ4n) is 0.938. The molecule has 0 radical (unpaired) electrons. The van der Waals surface area contributed by atoms with Crippen LogP contribution >= 0.6 is 38.5 Å². The predicted molar refractivity (Wildman–Crippen MR) is 63.4 cm³/mol. The molecule has 0 aliphatic carbocycles. The van der Waals surface area contributed by atoms with Gasteiger partial charge in [-0.1, -0.05) is 0 Å². The first-order valence-corrected chi connectivity index (χ1v) is 5.47. The molecule has 2 nitrogen and oxygen atoms in total. The number of methoxy groups -OCH3 is 1. The molecule has 1 rings (SSSR count). The van der Waals surface area contributed by atoms with E-state index in [-0.39, 0.29) is 5.78 Å². The second-order valence-electron chi connectivity index (χ2n) is 2.53. The van der Waals surface area contributed by atoms with E-state index in [0.717, 1.165) is 8.04 Å². The Morgan fingerprint density at radius 1 is 1.54 bits per heavy atom. The lowest BCUT2D eigenvalue weighted by molar-refractivity contribution is 0.101. The van der Waals surface area contributed by atoms with Crippen molar-refractivity contribution in [2.75, 3.05) is 7.11 Å². The summed E-state index contributed by atoms with van der Waals surface area (Å²) in [5.41, 5.74) is 0.687. The van der Waals surface area contributed by atoms with Crippen molar-refractivity contribution in [1.82, 2.24) is 0 Å². The van der Waals surface area contributed by atoms with Crippen LogP contribution < -0.4 is 4.74 Å². The maximum Gasteiger partial charge on any atom is 0.161 e. The Bertz CT molecular complexity index is 350. The van der Waals surface area contributed by atoms with E-state index in [0.29, 0.717) is 11.3 Å². The molecule has 0 unspecified atom stereocenters. The van der Waals surface area contributed by atoms with Gasteiger partial charge in [0.15, 0.2) is 5.78 Å². The Hall–Kier alpha value is -0.100. The molecule has 13 heavy (non-hydrogen) atoms. The molecule has 0 aliphatic rings. The lowest BCUT2D eigenvalue weighted by atomic mass is 10.1. The molecule has 0 saturated heterocycles. The van der Waals surface area contributed by atoms with Crippen LogP contribution in [-0.4, -0.2) is 12.9 Å². The van der Waals surface area contributed by atoms with Crippen molar-refractivity contribution in [1.29, 1.82) is 0 Å². The number of hydrogen-bond acceptors (Lipinski definition) is 2. The van der Waals surface area contributed by atoms with Gasteiger partial charge in [-0.05, 0) is 57.6 Å². The third-order valence-corrected chi connectivity index (χ3v) is 4.15. The van der Waals surface area contributed by atoms with Gasteiger partial charge in [0.05, 0.1) is 7.11 Å². The van der Waals surface area contributed by atoms with Crippen molar-refractivity contribution >= 4 is 44.3 Å². The molecule has 0 saturated carbocycles. The predicted octanol–water partition coefficient (Wildman–Crippen LogP) is 3.26. The van der Waals surface area contributed by atoms with Crippen LogP contribution in [0.15, 0.2) is 16.6 Å². The smallest absolute Gasteiger partial charge is 0.161 e. The summed E-state index contributed by atoms with van der Waals surface area (Å²) in [6.07, 6.45) is 0. The molecule has 0 bridgehead atoms. The number of hydrogen-bond donors (Lipinski definition) is 0. The Balaban J connectivity index is 3.33. The van der Waals surface area contributed by atoms with Gasteiger partial charge in [0.25, 0.3) is 0 Å². The van der Waals surface area contributed by atoms with Gasteiger partial charge in [-0.2, -0.15) is 0 Å². The highest BCUT2D eigenvalue weighted by Gasteiger charge is 2.10. The molecule has 1 aromatic rings. The maximum atomic E-state index is 11.2. The molecule has 0 N–H and O–H groups in total. The standard InChI is InChI=1S/C9H8BrIO2/c1-5(12)7-3-6(13-2)4-8(10)9(7)11/h3-4H,1-2H3. The number of carbonyl (C=O) groups is 1. The minimum absolute atomic E-state index is 0.0454. The quantitative estimate of drug-likeness (QED) is 0.602. The number of ketones is 1. The van der Waals surface area contributed by atoms with Gasteiger partial charge in [0.1, 0.15) is 5.75 Å². The van der Waals surface area contributed by atoms with Crippen LogP contribution in [0, 0.1) is 3.57 Å². The van der Waals surface area contributed by atoms with Gasteiger partial charge in [-0.25, -0.2) is 0 Å². The van der Waals surface area contributed by atoms with Crippen LogP contribution in [0.25, 0.3) is 0 Å². The van der Waals surface area contributed by atoms with Crippen molar-refractivity contribution < 1.29 is 9.53 Å². The number of rotatable bonds is 2. The van der Waals surface area contributed by atoms with Gasteiger partial charge in [-0.15, -0.1) is 0 Å². The van der Waals surface area contributed by atoms with E-state index in [1.807, 2.05) is 6.07 Å². The van der Waals surface area contributed by atoms with Crippen molar-refractivity contribution in [2.45, 2.75) is 6.92 Å². The second kappa shape index (κ2) is 4.41. The summed E-state index contributed by atoms with van der Waals surface area (Å²) in [5, 5.41) is 0. The van der Waals surface area contributed by atoms with Crippen LogP contribution in [0.5, 0.6) is 5.75 Å². The maximum absolute atomic E-state index is 11.2. The lowest BCUT2D eigenvalue weighted by Crippen LogP contribution is -1.98. The average molecular weight is 355 g/mol. The van der Waals surface area contributed by atoms with E-state index in [1.54, 1.807) is 20.1 Å². The van der Waals surface area contributed by atoms with Crippen LogP contribution in [0.4, 0.5) is 0 Å². The zero-order valence-electron chi connectivity index (χ0n) is 7.23. The van der Waals surface area contributed by atoms with E-state index in [2.05, 4.69) is 38.5 Å². The van der Waals surface area contributed by atoms with Gasteiger partial charge in [0.2, 0.25) is 0 Å². The van der Waals surface area contributed by atoms with E-state index in [4.69, 9.17) is 4.74 Å². The van der Waals surface area contributed by atoms with Crippen molar-refractivity contribution in [2.24, 2.45) is 0 Å². The number of halogens is 2. The van der Waals surface area contributed by atoms with Gasteiger partial charge < -0.3 is 4.74 Å². The molecule has 0 spiro atoms. The number of ether oxygens (including phenoxy) is 1. The number of carbonyl (C=O) groups excluding carboxylic acids is 1. The summed E-state index contributed by atoms with van der Waals surface area (Å²) in [5.74, 6) is 0.737. The Labute approximate surface area is 98.9 Å². The normalized spacial score (nSPS) is 9.85. The van der Waals surface area contributed by atoms with E-state index in [1.165, 1.54) is 0 Å². The van der Waals surface area contributed by atoms with Crippen LogP contribution in [-0.2, 0) is 0 Å². The van der Waals surface area contributed by atoms with Gasteiger partial charge >= 0.3 is 0 Å². The summed E-state index contributed by atoms with van der Waals surface area (Å²) >= 11 is 5.50. The average Bonchev–Trinajstić information content (AvgIpc) is 2.09. The first-order chi connectivity index (χ1) is 6.06. The topological polar surface area (TPSA) is 26.3 Å². The number of benzene rings is 1. The Morgan fingerprint density at radius 2 is 2.15 bits per heavy atom. The molecule has 0 fully saturated rings. The van der Waals surface area contributed by atoms with E-state index < -0.39 is 0 Å². The SMILES string of the molecule is COc1cc(Br)c(I)c(C(C)=O)c1. The summed E-state index contributed by atoms with van der Waals surface area (Å²) < 4.78 is 6.86. The molecule has 0 amide bonds. The summed E-state index contributed by atoms with van der Waals surface area (Å²) in [6, 6.07) is 3.59. The third-order valence-electron chi connectivity index (χ3n) is 1.62. The first-order valence-electron chi connectivity index (χ1n) is 3.60. The minimum atomic E-state index is 0.0454. The molecule has 70 valence electrons. The Kier molecular flexibility index (Phi) is 3.73. The fraction of sp³-hybridized carbons (Fsp3) is 0.222. The monoisotopic (exact) mass is 354 g/mol. The summed E-state index contributed by atoms with van der Waals surface area (Å²) in [6.45, 7) is 1.55. The molecule has 0 atom stereocenters.